The first-order valence-electron chi connectivity index (χ1n) is 15.0. The van der Waals surface area contributed by atoms with E-state index >= 15 is 0 Å². The Labute approximate surface area is 259 Å². The van der Waals surface area contributed by atoms with E-state index in [4.69, 9.17) is 0 Å². The topological polar surface area (TPSA) is 3.24 Å². The number of thiophene rings is 1. The van der Waals surface area contributed by atoms with Crippen LogP contribution in [0, 0.1) is 0 Å². The molecule has 0 saturated carbocycles. The maximum Gasteiger partial charge on any atom is 0.0640 e. The molecule has 206 valence electrons. The number of hydrogen-bond acceptors (Lipinski definition) is 2. The molecule has 1 aromatic heterocycles. The van der Waals surface area contributed by atoms with Gasteiger partial charge in [-0.25, -0.2) is 0 Å². The molecule has 0 unspecified atom stereocenters. The molecule has 0 bridgehead atoms. The van der Waals surface area contributed by atoms with Crippen LogP contribution in [-0.2, 0) is 0 Å². The summed E-state index contributed by atoms with van der Waals surface area (Å²) in [6.45, 7) is 0. The lowest BCUT2D eigenvalue weighted by Crippen LogP contribution is -2.10. The van der Waals surface area contributed by atoms with Crippen molar-refractivity contribution < 1.29 is 0 Å². The number of rotatable bonds is 4. The summed E-state index contributed by atoms with van der Waals surface area (Å²) in [7, 11) is 0. The van der Waals surface area contributed by atoms with Crippen molar-refractivity contribution in [1.82, 2.24) is 0 Å². The van der Waals surface area contributed by atoms with Gasteiger partial charge in [0.05, 0.1) is 16.1 Å². The van der Waals surface area contributed by atoms with Gasteiger partial charge in [0.2, 0.25) is 0 Å². The largest absolute Gasteiger partial charge is 0.308 e. The summed E-state index contributed by atoms with van der Waals surface area (Å²) < 4.78 is 2.60. The lowest BCUT2D eigenvalue weighted by atomic mass is 9.96. The van der Waals surface area contributed by atoms with Crippen molar-refractivity contribution in [2.45, 2.75) is 0 Å². The quantitative estimate of drug-likeness (QED) is 0.188. The summed E-state index contributed by atoms with van der Waals surface area (Å²) in [5.74, 6) is 0. The number of fused-ring (bicyclic) bond motifs is 8. The van der Waals surface area contributed by atoms with Crippen LogP contribution in [0.4, 0.5) is 17.1 Å². The van der Waals surface area contributed by atoms with Crippen molar-refractivity contribution in [2.75, 3.05) is 4.90 Å². The Morgan fingerprint density at radius 2 is 0.977 bits per heavy atom. The van der Waals surface area contributed by atoms with Gasteiger partial charge in [0.25, 0.3) is 0 Å². The Morgan fingerprint density at radius 1 is 0.364 bits per heavy atom. The molecule has 8 aromatic carbocycles. The maximum absolute atomic E-state index is 2.47. The third-order valence-electron chi connectivity index (χ3n) is 8.84. The summed E-state index contributed by atoms with van der Waals surface area (Å²) in [6.07, 6.45) is 0. The summed E-state index contributed by atoms with van der Waals surface area (Å²) in [6, 6.07) is 59.7. The van der Waals surface area contributed by atoms with E-state index in [0.717, 1.165) is 5.69 Å². The van der Waals surface area contributed by atoms with Crippen molar-refractivity contribution in [3.63, 3.8) is 0 Å². The van der Waals surface area contributed by atoms with Gasteiger partial charge in [0, 0.05) is 26.5 Å². The molecule has 44 heavy (non-hydrogen) atoms. The zero-order chi connectivity index (χ0) is 29.0. The molecule has 1 heterocycles. The standard InChI is InChI=1S/C42H27NS/c1-2-11-28(12-3-1)30-14-8-15-31(27-30)43(40-21-10-19-38-37-17-6-7-22-41(37)44-42(38)40)39-20-9-18-33-35-24-23-29-13-4-5-16-32(29)34(35)25-26-36(33)39/h1-27H. The van der Waals surface area contributed by atoms with Crippen LogP contribution in [-0.4, -0.2) is 0 Å². The second-order valence-corrected chi connectivity index (χ2v) is 12.4. The van der Waals surface area contributed by atoms with E-state index in [0.29, 0.717) is 0 Å². The first-order chi connectivity index (χ1) is 21.8. The van der Waals surface area contributed by atoms with E-state index in [1.54, 1.807) is 0 Å². The van der Waals surface area contributed by atoms with Crippen LogP contribution in [0.2, 0.25) is 0 Å². The van der Waals surface area contributed by atoms with Crippen molar-refractivity contribution in [1.29, 1.82) is 0 Å². The Balaban J connectivity index is 1.35. The fourth-order valence-electron chi connectivity index (χ4n) is 6.81. The van der Waals surface area contributed by atoms with Gasteiger partial charge in [-0.15, -0.1) is 11.3 Å². The average Bonchev–Trinajstić information content (AvgIpc) is 3.48. The zero-order valence-corrected chi connectivity index (χ0v) is 24.8. The highest BCUT2D eigenvalue weighted by Gasteiger charge is 2.21. The molecule has 9 rings (SSSR count). The van der Waals surface area contributed by atoms with E-state index < -0.39 is 0 Å². The van der Waals surface area contributed by atoms with E-state index in [-0.39, 0.29) is 0 Å². The van der Waals surface area contributed by atoms with Crippen molar-refractivity contribution in [3.05, 3.63) is 164 Å². The molecule has 0 atom stereocenters. The minimum atomic E-state index is 1.14. The van der Waals surface area contributed by atoms with Crippen molar-refractivity contribution >= 4 is 80.9 Å². The number of anilines is 3. The average molecular weight is 578 g/mol. The Bertz CT molecular complexity index is 2510. The van der Waals surface area contributed by atoms with Gasteiger partial charge in [-0.2, -0.15) is 0 Å². The van der Waals surface area contributed by atoms with Gasteiger partial charge in [-0.1, -0.05) is 133 Å². The normalized spacial score (nSPS) is 11.6. The molecule has 0 spiro atoms. The maximum atomic E-state index is 2.47. The third kappa shape index (κ3) is 3.92. The first-order valence-corrected chi connectivity index (χ1v) is 15.8. The number of hydrogen-bond donors (Lipinski definition) is 0. The molecule has 0 fully saturated rings. The SMILES string of the molecule is c1ccc(-c2cccc(N(c3cccc4c3ccc3c5ccccc5ccc43)c3cccc4c3sc3ccccc34)c2)cc1. The van der Waals surface area contributed by atoms with E-state index in [1.807, 2.05) is 11.3 Å². The monoisotopic (exact) mass is 577 g/mol. The molecule has 1 nitrogen and oxygen atoms in total. The van der Waals surface area contributed by atoms with Gasteiger partial charge < -0.3 is 4.90 Å². The summed E-state index contributed by atoms with van der Waals surface area (Å²) >= 11 is 1.87. The number of nitrogens with zero attached hydrogens (tertiary/aromatic N) is 1. The minimum Gasteiger partial charge on any atom is -0.308 e. The molecule has 2 heteroatoms. The highest BCUT2D eigenvalue weighted by Crippen LogP contribution is 2.47. The summed E-state index contributed by atoms with van der Waals surface area (Å²) in [4.78, 5) is 2.47. The fraction of sp³-hybridized carbons (Fsp3) is 0. The van der Waals surface area contributed by atoms with Gasteiger partial charge in [-0.3, -0.25) is 0 Å². The van der Waals surface area contributed by atoms with E-state index in [9.17, 15) is 0 Å². The highest BCUT2D eigenvalue weighted by molar-refractivity contribution is 7.26. The molecule has 0 saturated heterocycles. The Hall–Kier alpha value is -5.44. The molecule has 9 aromatic rings. The predicted molar refractivity (Wildman–Crippen MR) is 192 cm³/mol. The molecule has 0 aliphatic heterocycles. The Kier molecular flexibility index (Phi) is 5.75. The minimum absolute atomic E-state index is 1.14. The second kappa shape index (κ2) is 10.1. The Morgan fingerprint density at radius 3 is 1.89 bits per heavy atom. The lowest BCUT2D eigenvalue weighted by Gasteiger charge is -2.28. The van der Waals surface area contributed by atoms with E-state index in [1.165, 1.54) is 75.0 Å². The van der Waals surface area contributed by atoms with Crippen LogP contribution in [0.3, 0.4) is 0 Å². The molecule has 0 N–H and O–H groups in total. The molecule has 0 radical (unpaired) electrons. The molecule has 0 amide bonds. The smallest absolute Gasteiger partial charge is 0.0640 e. The van der Waals surface area contributed by atoms with Crippen molar-refractivity contribution in [2.24, 2.45) is 0 Å². The van der Waals surface area contributed by atoms with Crippen LogP contribution in [0.25, 0.3) is 63.6 Å². The van der Waals surface area contributed by atoms with Crippen LogP contribution in [0.1, 0.15) is 0 Å². The second-order valence-electron chi connectivity index (χ2n) is 11.3. The molecule has 0 aliphatic rings. The zero-order valence-electron chi connectivity index (χ0n) is 23.9. The van der Waals surface area contributed by atoms with Crippen LogP contribution < -0.4 is 4.90 Å². The van der Waals surface area contributed by atoms with Gasteiger partial charge in [0.1, 0.15) is 0 Å². The molecular formula is C42H27NS. The van der Waals surface area contributed by atoms with Crippen molar-refractivity contribution in [3.8, 4) is 11.1 Å². The first kappa shape index (κ1) is 25.1. The third-order valence-corrected chi connectivity index (χ3v) is 10.0. The van der Waals surface area contributed by atoms with Crippen LogP contribution >= 0.6 is 11.3 Å². The summed E-state index contributed by atoms with van der Waals surface area (Å²) in [5.41, 5.74) is 5.93. The molecular weight excluding hydrogens is 551 g/mol. The summed E-state index contributed by atoms with van der Waals surface area (Å²) in [5, 5.41) is 10.2. The molecule has 0 aliphatic carbocycles. The van der Waals surface area contributed by atoms with Gasteiger partial charge in [0.15, 0.2) is 0 Å². The lowest BCUT2D eigenvalue weighted by molar-refractivity contribution is 1.32. The van der Waals surface area contributed by atoms with Crippen LogP contribution in [0.5, 0.6) is 0 Å². The van der Waals surface area contributed by atoms with Gasteiger partial charge in [-0.05, 0) is 68.4 Å². The highest BCUT2D eigenvalue weighted by atomic mass is 32.1. The number of benzene rings is 8. The van der Waals surface area contributed by atoms with Gasteiger partial charge >= 0.3 is 0 Å². The van der Waals surface area contributed by atoms with E-state index in [2.05, 4.69) is 169 Å². The van der Waals surface area contributed by atoms with Crippen LogP contribution in [0.15, 0.2) is 164 Å². The predicted octanol–water partition coefficient (Wildman–Crippen LogP) is 12.7. The fourth-order valence-corrected chi connectivity index (χ4v) is 8.01.